The summed E-state index contributed by atoms with van der Waals surface area (Å²) in [4.78, 5) is 14.5. The molecule has 0 saturated heterocycles. The van der Waals surface area contributed by atoms with Crippen molar-refractivity contribution in [3.05, 3.63) is 51.5 Å². The molecule has 2 aromatic rings. The fourth-order valence-electron chi connectivity index (χ4n) is 2.00. The second-order valence-corrected chi connectivity index (χ2v) is 6.24. The van der Waals surface area contributed by atoms with E-state index >= 15 is 0 Å². The molecular weight excluding hydrogens is 275 g/mol. The van der Waals surface area contributed by atoms with Gasteiger partial charge in [-0.3, -0.25) is 4.79 Å². The third-order valence-electron chi connectivity index (χ3n) is 2.86. The summed E-state index contributed by atoms with van der Waals surface area (Å²) in [6.07, 6.45) is 0.759. The van der Waals surface area contributed by atoms with Crippen molar-refractivity contribution in [2.45, 2.75) is 26.3 Å². The van der Waals surface area contributed by atoms with Crippen LogP contribution in [0.5, 0.6) is 0 Å². The van der Waals surface area contributed by atoms with E-state index in [-0.39, 0.29) is 23.2 Å². The maximum atomic E-state index is 13.2. The first kappa shape index (κ1) is 14.5. The molecule has 0 aliphatic carbocycles. The molecule has 1 atom stereocenters. The van der Waals surface area contributed by atoms with Gasteiger partial charge in [0.2, 0.25) is 0 Å². The van der Waals surface area contributed by atoms with Gasteiger partial charge in [0.05, 0.1) is 0 Å². The van der Waals surface area contributed by atoms with Crippen molar-refractivity contribution in [1.29, 1.82) is 0 Å². The molecule has 1 aromatic carbocycles. The number of hydrogen-bond acceptors (Lipinski definition) is 3. The summed E-state index contributed by atoms with van der Waals surface area (Å²) < 4.78 is 13.2. The fraction of sp³-hybridized carbons (Fsp3) is 0.267. The monoisotopic (exact) mass is 292 g/mol. The number of carbonyl (C=O) groups excluding carboxylic acids is 1. The van der Waals surface area contributed by atoms with Gasteiger partial charge in [0.1, 0.15) is 5.82 Å². The number of nitrogens with two attached hydrogens (primary N) is 1. The normalized spacial score (nSPS) is 12.2. The van der Waals surface area contributed by atoms with E-state index in [0.29, 0.717) is 0 Å². The van der Waals surface area contributed by atoms with E-state index in [1.807, 2.05) is 13.8 Å². The Morgan fingerprint density at radius 2 is 2.15 bits per heavy atom. The van der Waals surface area contributed by atoms with Crippen molar-refractivity contribution in [2.75, 3.05) is 5.73 Å². The lowest BCUT2D eigenvalue weighted by Gasteiger charge is -2.13. The topological polar surface area (TPSA) is 55.1 Å². The highest BCUT2D eigenvalue weighted by Crippen LogP contribution is 2.17. The second kappa shape index (κ2) is 6.05. The average molecular weight is 292 g/mol. The molecule has 1 unspecified atom stereocenters. The first-order chi connectivity index (χ1) is 9.44. The van der Waals surface area contributed by atoms with Gasteiger partial charge in [-0.25, -0.2) is 4.39 Å². The Morgan fingerprint density at radius 1 is 1.40 bits per heavy atom. The van der Waals surface area contributed by atoms with E-state index in [4.69, 9.17) is 5.73 Å². The Morgan fingerprint density at radius 3 is 2.75 bits per heavy atom. The Balaban J connectivity index is 2.00. The van der Waals surface area contributed by atoms with Gasteiger partial charge in [0.25, 0.3) is 5.91 Å². The molecule has 0 radical (unpaired) electrons. The SMILES string of the molecule is Cc1ccc(CC(C)NC(=O)c2cc(N)cc(F)c2)s1. The van der Waals surface area contributed by atoms with Crippen LogP contribution in [0.4, 0.5) is 10.1 Å². The molecule has 5 heteroatoms. The van der Waals surface area contributed by atoms with E-state index in [0.717, 1.165) is 6.42 Å². The molecular formula is C15H17FN2OS. The zero-order chi connectivity index (χ0) is 14.7. The van der Waals surface area contributed by atoms with Crippen LogP contribution in [0.15, 0.2) is 30.3 Å². The van der Waals surface area contributed by atoms with E-state index in [1.54, 1.807) is 11.3 Å². The number of aryl methyl sites for hydroxylation is 1. The largest absolute Gasteiger partial charge is 0.399 e. The number of anilines is 1. The predicted molar refractivity (Wildman–Crippen MR) is 80.5 cm³/mol. The van der Waals surface area contributed by atoms with Crippen LogP contribution >= 0.6 is 11.3 Å². The first-order valence-corrected chi connectivity index (χ1v) is 7.18. The molecule has 0 saturated carbocycles. The van der Waals surface area contributed by atoms with Gasteiger partial charge in [-0.15, -0.1) is 11.3 Å². The van der Waals surface area contributed by atoms with Crippen LogP contribution in [0, 0.1) is 12.7 Å². The molecule has 0 aliphatic heterocycles. The predicted octanol–water partition coefficient (Wildman–Crippen LogP) is 3.14. The van der Waals surface area contributed by atoms with Crippen LogP contribution < -0.4 is 11.1 Å². The van der Waals surface area contributed by atoms with E-state index in [1.165, 1.54) is 28.0 Å². The molecule has 0 bridgehead atoms. The zero-order valence-corrected chi connectivity index (χ0v) is 12.3. The van der Waals surface area contributed by atoms with Gasteiger partial charge in [-0.05, 0) is 44.2 Å². The molecule has 1 aromatic heterocycles. The number of nitrogens with one attached hydrogen (secondary N) is 1. The molecule has 0 fully saturated rings. The number of thiophene rings is 1. The molecule has 0 spiro atoms. The quantitative estimate of drug-likeness (QED) is 0.851. The zero-order valence-electron chi connectivity index (χ0n) is 11.4. The number of halogens is 1. The molecule has 2 rings (SSSR count). The smallest absolute Gasteiger partial charge is 0.251 e. The molecule has 1 heterocycles. The van der Waals surface area contributed by atoms with Crippen molar-refractivity contribution in [2.24, 2.45) is 0 Å². The van der Waals surface area contributed by atoms with Crippen molar-refractivity contribution in [3.63, 3.8) is 0 Å². The summed E-state index contributed by atoms with van der Waals surface area (Å²) in [5.74, 6) is -0.811. The minimum absolute atomic E-state index is 0.0231. The minimum atomic E-state index is -0.503. The lowest BCUT2D eigenvalue weighted by atomic mass is 10.1. The summed E-state index contributed by atoms with van der Waals surface area (Å²) in [6.45, 7) is 3.97. The highest BCUT2D eigenvalue weighted by Gasteiger charge is 2.12. The summed E-state index contributed by atoms with van der Waals surface area (Å²) >= 11 is 1.71. The van der Waals surface area contributed by atoms with Crippen LogP contribution in [0.25, 0.3) is 0 Å². The Bertz CT molecular complexity index is 604. The van der Waals surface area contributed by atoms with Gasteiger partial charge in [0, 0.05) is 33.5 Å². The van der Waals surface area contributed by atoms with Crippen LogP contribution in [-0.4, -0.2) is 11.9 Å². The number of rotatable bonds is 4. The molecule has 3 nitrogen and oxygen atoms in total. The highest BCUT2D eigenvalue weighted by molar-refractivity contribution is 7.11. The van der Waals surface area contributed by atoms with Crippen molar-refractivity contribution < 1.29 is 9.18 Å². The number of amides is 1. The molecule has 3 N–H and O–H groups in total. The van der Waals surface area contributed by atoms with Gasteiger partial charge in [-0.1, -0.05) is 0 Å². The van der Waals surface area contributed by atoms with Crippen molar-refractivity contribution >= 4 is 22.9 Å². The molecule has 20 heavy (non-hydrogen) atoms. The third-order valence-corrected chi connectivity index (χ3v) is 3.89. The number of hydrogen-bond donors (Lipinski definition) is 2. The second-order valence-electron chi connectivity index (χ2n) is 4.86. The van der Waals surface area contributed by atoms with Crippen LogP contribution in [0.3, 0.4) is 0 Å². The molecule has 0 aliphatic rings. The van der Waals surface area contributed by atoms with Crippen molar-refractivity contribution in [1.82, 2.24) is 5.32 Å². The van der Waals surface area contributed by atoms with E-state index < -0.39 is 5.82 Å². The average Bonchev–Trinajstić information content (AvgIpc) is 2.73. The summed E-state index contributed by atoms with van der Waals surface area (Å²) in [7, 11) is 0. The summed E-state index contributed by atoms with van der Waals surface area (Å²) in [5.41, 5.74) is 6.03. The maximum absolute atomic E-state index is 13.2. The van der Waals surface area contributed by atoms with Gasteiger partial charge in [0.15, 0.2) is 0 Å². The van der Waals surface area contributed by atoms with Crippen molar-refractivity contribution in [3.8, 4) is 0 Å². The highest BCUT2D eigenvalue weighted by atomic mass is 32.1. The Labute approximate surface area is 121 Å². The lowest BCUT2D eigenvalue weighted by molar-refractivity contribution is 0.0940. The summed E-state index contributed by atoms with van der Waals surface area (Å²) in [5, 5.41) is 2.85. The maximum Gasteiger partial charge on any atom is 0.251 e. The van der Waals surface area contributed by atoms with Gasteiger partial charge in [-0.2, -0.15) is 0 Å². The first-order valence-electron chi connectivity index (χ1n) is 6.36. The Hall–Kier alpha value is -1.88. The number of nitrogen functional groups attached to an aromatic ring is 1. The van der Waals surface area contributed by atoms with Crippen LogP contribution in [-0.2, 0) is 6.42 Å². The number of benzene rings is 1. The number of carbonyl (C=O) groups is 1. The molecule has 106 valence electrons. The van der Waals surface area contributed by atoms with Gasteiger partial charge >= 0.3 is 0 Å². The minimum Gasteiger partial charge on any atom is -0.399 e. The summed E-state index contributed by atoms with van der Waals surface area (Å²) in [6, 6.07) is 7.94. The van der Waals surface area contributed by atoms with Crippen LogP contribution in [0.1, 0.15) is 27.0 Å². The van der Waals surface area contributed by atoms with Gasteiger partial charge < -0.3 is 11.1 Å². The van der Waals surface area contributed by atoms with E-state index in [2.05, 4.69) is 17.4 Å². The molecule has 1 amide bonds. The standard InChI is InChI=1S/C15H17FN2OS/c1-9(5-14-4-3-10(2)20-14)18-15(19)11-6-12(16)8-13(17)7-11/h3-4,6-9H,5,17H2,1-2H3,(H,18,19). The lowest BCUT2D eigenvalue weighted by Crippen LogP contribution is -2.34. The van der Waals surface area contributed by atoms with E-state index in [9.17, 15) is 9.18 Å². The third kappa shape index (κ3) is 3.81. The Kier molecular flexibility index (Phi) is 4.39. The van der Waals surface area contributed by atoms with Crippen LogP contribution in [0.2, 0.25) is 0 Å². The fourth-order valence-corrected chi connectivity index (χ4v) is 3.02.